The summed E-state index contributed by atoms with van der Waals surface area (Å²) in [5.41, 5.74) is 0.161. The molecule has 1 saturated heterocycles. The summed E-state index contributed by atoms with van der Waals surface area (Å²) >= 11 is 0. The van der Waals surface area contributed by atoms with Crippen molar-refractivity contribution in [3.05, 3.63) is 29.8 Å². The largest absolute Gasteiger partial charge is 0.573 e. The van der Waals surface area contributed by atoms with Gasteiger partial charge in [0, 0.05) is 11.6 Å². The van der Waals surface area contributed by atoms with E-state index in [-0.39, 0.29) is 17.4 Å². The molecule has 0 spiro atoms. The molecule has 2 atom stereocenters. The van der Waals surface area contributed by atoms with Crippen LogP contribution in [-0.2, 0) is 0 Å². The fraction of sp³-hybridized carbons (Fsp3) is 0.500. The molecule has 1 heterocycles. The van der Waals surface area contributed by atoms with Crippen LogP contribution >= 0.6 is 0 Å². The molecule has 0 aromatic heterocycles. The van der Waals surface area contributed by atoms with E-state index in [1.807, 2.05) is 0 Å². The van der Waals surface area contributed by atoms with Crippen LogP contribution in [0.1, 0.15) is 24.5 Å². The Labute approximate surface area is 103 Å². The Balaban J connectivity index is 2.20. The number of aliphatic hydroxyl groups is 1. The van der Waals surface area contributed by atoms with Crippen molar-refractivity contribution in [2.24, 2.45) is 0 Å². The van der Waals surface area contributed by atoms with E-state index in [9.17, 15) is 18.3 Å². The molecule has 6 heteroatoms. The van der Waals surface area contributed by atoms with Crippen LogP contribution in [0.15, 0.2) is 24.3 Å². The first kappa shape index (κ1) is 13.2. The maximum atomic E-state index is 12.2. The lowest BCUT2D eigenvalue weighted by atomic mass is 10.0. The molecule has 1 aliphatic rings. The lowest BCUT2D eigenvalue weighted by Crippen LogP contribution is -2.29. The molecular formula is C12H14F3NO2. The first-order chi connectivity index (χ1) is 8.47. The van der Waals surface area contributed by atoms with Crippen LogP contribution in [0.2, 0.25) is 0 Å². The van der Waals surface area contributed by atoms with Crippen molar-refractivity contribution in [3.63, 3.8) is 0 Å². The topological polar surface area (TPSA) is 41.5 Å². The van der Waals surface area contributed by atoms with Crippen molar-refractivity contribution in [2.45, 2.75) is 31.3 Å². The summed E-state index contributed by atoms with van der Waals surface area (Å²) in [6, 6.07) is 5.46. The van der Waals surface area contributed by atoms with Crippen LogP contribution < -0.4 is 10.1 Å². The molecular weight excluding hydrogens is 247 g/mol. The van der Waals surface area contributed by atoms with E-state index >= 15 is 0 Å². The van der Waals surface area contributed by atoms with Crippen LogP contribution in [0.5, 0.6) is 5.75 Å². The van der Waals surface area contributed by atoms with Gasteiger partial charge < -0.3 is 15.2 Å². The maximum absolute atomic E-state index is 12.2. The van der Waals surface area contributed by atoms with Crippen molar-refractivity contribution in [1.82, 2.24) is 5.32 Å². The summed E-state index contributed by atoms with van der Waals surface area (Å²) in [7, 11) is 0. The molecule has 2 unspecified atom stereocenters. The molecule has 100 valence electrons. The highest BCUT2D eigenvalue weighted by molar-refractivity contribution is 5.36. The average molecular weight is 261 g/mol. The summed E-state index contributed by atoms with van der Waals surface area (Å²) in [6.07, 6.45) is -4.10. The lowest BCUT2D eigenvalue weighted by molar-refractivity contribution is -0.275. The number of halogens is 3. The Morgan fingerprint density at radius 1 is 1.33 bits per heavy atom. The van der Waals surface area contributed by atoms with E-state index in [4.69, 9.17) is 0 Å². The van der Waals surface area contributed by atoms with Crippen molar-refractivity contribution in [3.8, 4) is 5.75 Å². The Hall–Kier alpha value is -1.27. The molecule has 18 heavy (non-hydrogen) atoms. The van der Waals surface area contributed by atoms with Gasteiger partial charge in [-0.05, 0) is 25.5 Å². The second-order valence-electron chi connectivity index (χ2n) is 4.23. The third kappa shape index (κ3) is 3.14. The smallest absolute Gasteiger partial charge is 0.405 e. The standard InChI is InChI=1S/C12H14F3NO2/c13-12(14,15)18-10-6-2-1-4-8(10)11(17)9-5-3-7-16-9/h1-2,4,6,9,11,16-17H,3,5,7H2. The van der Waals surface area contributed by atoms with Crippen LogP contribution in [0.3, 0.4) is 0 Å². The van der Waals surface area contributed by atoms with Crippen molar-refractivity contribution >= 4 is 0 Å². The summed E-state index contributed by atoms with van der Waals surface area (Å²) in [6.45, 7) is 0.768. The van der Waals surface area contributed by atoms with Gasteiger partial charge in [-0.25, -0.2) is 0 Å². The summed E-state index contributed by atoms with van der Waals surface area (Å²) in [4.78, 5) is 0. The molecule has 0 aliphatic carbocycles. The van der Waals surface area contributed by atoms with Gasteiger partial charge in [0.15, 0.2) is 0 Å². The Bertz CT molecular complexity index is 403. The van der Waals surface area contributed by atoms with E-state index in [1.54, 1.807) is 6.07 Å². The average Bonchev–Trinajstić information content (AvgIpc) is 2.80. The first-order valence-corrected chi connectivity index (χ1v) is 5.73. The summed E-state index contributed by atoms with van der Waals surface area (Å²) in [5, 5.41) is 13.1. The highest BCUT2D eigenvalue weighted by Crippen LogP contribution is 2.33. The van der Waals surface area contributed by atoms with E-state index in [0.717, 1.165) is 19.4 Å². The number of alkyl halides is 3. The number of ether oxygens (including phenoxy) is 1. The van der Waals surface area contributed by atoms with Gasteiger partial charge in [-0.2, -0.15) is 0 Å². The molecule has 0 amide bonds. The van der Waals surface area contributed by atoms with Crippen molar-refractivity contribution in [2.75, 3.05) is 6.54 Å². The first-order valence-electron chi connectivity index (χ1n) is 5.73. The molecule has 0 radical (unpaired) electrons. The highest BCUT2D eigenvalue weighted by atomic mass is 19.4. The van der Waals surface area contributed by atoms with Crippen molar-refractivity contribution < 1.29 is 23.0 Å². The number of para-hydroxylation sites is 1. The number of rotatable bonds is 3. The molecule has 3 nitrogen and oxygen atoms in total. The molecule has 1 aliphatic heterocycles. The molecule has 2 N–H and O–H groups in total. The quantitative estimate of drug-likeness (QED) is 0.877. The van der Waals surface area contributed by atoms with Crippen LogP contribution in [0.4, 0.5) is 13.2 Å². The second kappa shape index (κ2) is 5.16. The molecule has 0 saturated carbocycles. The van der Waals surface area contributed by atoms with Gasteiger partial charge in [0.05, 0.1) is 6.10 Å². The third-order valence-corrected chi connectivity index (χ3v) is 2.94. The SMILES string of the molecule is OC(c1ccccc1OC(F)(F)F)C1CCCN1. The molecule has 1 aromatic carbocycles. The minimum atomic E-state index is -4.75. The number of hydrogen-bond acceptors (Lipinski definition) is 3. The number of nitrogens with one attached hydrogen (secondary N) is 1. The second-order valence-corrected chi connectivity index (χ2v) is 4.23. The third-order valence-electron chi connectivity index (χ3n) is 2.94. The Morgan fingerprint density at radius 3 is 2.67 bits per heavy atom. The zero-order chi connectivity index (χ0) is 13.2. The van der Waals surface area contributed by atoms with Gasteiger partial charge >= 0.3 is 6.36 Å². The van der Waals surface area contributed by atoms with Crippen LogP contribution in [0.25, 0.3) is 0 Å². The molecule has 2 rings (SSSR count). The van der Waals surface area contributed by atoms with Gasteiger partial charge in [0.25, 0.3) is 0 Å². The van der Waals surface area contributed by atoms with Gasteiger partial charge in [0.1, 0.15) is 5.75 Å². The zero-order valence-electron chi connectivity index (χ0n) is 9.57. The Morgan fingerprint density at radius 2 is 2.06 bits per heavy atom. The highest BCUT2D eigenvalue weighted by Gasteiger charge is 2.34. The predicted molar refractivity (Wildman–Crippen MR) is 59.1 cm³/mol. The van der Waals surface area contributed by atoms with Gasteiger partial charge in [-0.1, -0.05) is 18.2 Å². The van der Waals surface area contributed by atoms with Gasteiger partial charge in [-0.15, -0.1) is 13.2 Å². The molecule has 1 fully saturated rings. The molecule has 0 bridgehead atoms. The van der Waals surface area contributed by atoms with E-state index < -0.39 is 12.5 Å². The molecule has 1 aromatic rings. The summed E-state index contributed by atoms with van der Waals surface area (Å²) in [5.74, 6) is -0.341. The minimum Gasteiger partial charge on any atom is -0.405 e. The van der Waals surface area contributed by atoms with Crippen LogP contribution in [-0.4, -0.2) is 24.1 Å². The van der Waals surface area contributed by atoms with Gasteiger partial charge in [-0.3, -0.25) is 0 Å². The zero-order valence-corrected chi connectivity index (χ0v) is 9.57. The number of benzene rings is 1. The van der Waals surface area contributed by atoms with E-state index in [1.165, 1.54) is 18.2 Å². The maximum Gasteiger partial charge on any atom is 0.573 e. The predicted octanol–water partition coefficient (Wildman–Crippen LogP) is 2.37. The Kier molecular flexibility index (Phi) is 3.77. The number of aliphatic hydroxyl groups excluding tert-OH is 1. The van der Waals surface area contributed by atoms with Crippen molar-refractivity contribution in [1.29, 1.82) is 0 Å². The summed E-state index contributed by atoms with van der Waals surface area (Å²) < 4.78 is 40.7. The minimum absolute atomic E-state index is 0.161. The van der Waals surface area contributed by atoms with Gasteiger partial charge in [0.2, 0.25) is 0 Å². The monoisotopic (exact) mass is 261 g/mol. The van der Waals surface area contributed by atoms with E-state index in [2.05, 4.69) is 10.1 Å². The van der Waals surface area contributed by atoms with E-state index in [0.29, 0.717) is 0 Å². The fourth-order valence-electron chi connectivity index (χ4n) is 2.14. The van der Waals surface area contributed by atoms with Crippen LogP contribution in [0, 0.1) is 0 Å². The fourth-order valence-corrected chi connectivity index (χ4v) is 2.14. The lowest BCUT2D eigenvalue weighted by Gasteiger charge is -2.21. The number of hydrogen-bond donors (Lipinski definition) is 2. The normalized spacial score (nSPS) is 21.9.